The molecule has 0 unspecified atom stereocenters. The normalized spacial score (nSPS) is 18.1. The first kappa shape index (κ1) is 21.5. The monoisotopic (exact) mass is 433 g/mol. The van der Waals surface area contributed by atoms with Gasteiger partial charge in [-0.1, -0.05) is 6.07 Å². The van der Waals surface area contributed by atoms with Crippen LogP contribution in [-0.4, -0.2) is 23.9 Å². The smallest absolute Gasteiger partial charge is 0.476 e. The fourth-order valence-electron chi connectivity index (χ4n) is 4.10. The minimum Gasteiger partial charge on any atom is -0.476 e. The Labute approximate surface area is 180 Å². The van der Waals surface area contributed by atoms with Gasteiger partial charge in [-0.15, -0.1) is 13.2 Å². The summed E-state index contributed by atoms with van der Waals surface area (Å²) in [5.41, 5.74) is 2.21. The molecule has 0 radical (unpaired) electrons. The third-order valence-electron chi connectivity index (χ3n) is 5.75. The second-order valence-corrected chi connectivity index (χ2v) is 9.09. The second-order valence-electron chi connectivity index (χ2n) is 9.09. The van der Waals surface area contributed by atoms with E-state index < -0.39 is 12.0 Å². The van der Waals surface area contributed by atoms with Gasteiger partial charge in [-0.05, 0) is 94.3 Å². The zero-order valence-electron chi connectivity index (χ0n) is 18.3. The maximum Gasteiger partial charge on any atom is 0.573 e. The van der Waals surface area contributed by atoms with E-state index in [-0.39, 0.29) is 17.7 Å². The quantitative estimate of drug-likeness (QED) is 0.564. The molecule has 0 bridgehead atoms. The zero-order valence-corrected chi connectivity index (χ0v) is 18.3. The fraction of sp³-hybridized carbons (Fsp3) is 0.458. The Bertz CT molecular complexity index is 1040. The lowest BCUT2D eigenvalue weighted by Crippen LogP contribution is -2.54. The highest BCUT2D eigenvalue weighted by atomic mass is 19.4. The van der Waals surface area contributed by atoms with E-state index in [2.05, 4.69) is 4.74 Å². The molecule has 1 fully saturated rings. The predicted octanol–water partition coefficient (Wildman–Crippen LogP) is 6.35. The zero-order chi connectivity index (χ0) is 22.7. The molecule has 166 valence electrons. The van der Waals surface area contributed by atoms with E-state index in [9.17, 15) is 18.0 Å². The predicted molar refractivity (Wildman–Crippen MR) is 113 cm³/mol. The van der Waals surface area contributed by atoms with Gasteiger partial charge in [0.1, 0.15) is 11.5 Å². The van der Waals surface area contributed by atoms with Crippen LogP contribution in [-0.2, 0) is 4.79 Å². The molecule has 2 aromatic rings. The summed E-state index contributed by atoms with van der Waals surface area (Å²) in [7, 11) is 0. The van der Waals surface area contributed by atoms with Crippen molar-refractivity contribution in [3.8, 4) is 22.6 Å². The van der Waals surface area contributed by atoms with Crippen LogP contribution in [0.2, 0.25) is 0 Å². The van der Waals surface area contributed by atoms with Gasteiger partial charge in [0, 0.05) is 11.6 Å². The molecular formula is C24H26F3NO3. The highest BCUT2D eigenvalue weighted by Gasteiger charge is 2.42. The Morgan fingerprint density at radius 1 is 1.13 bits per heavy atom. The van der Waals surface area contributed by atoms with Gasteiger partial charge in [0.05, 0.1) is 5.69 Å². The largest absolute Gasteiger partial charge is 0.573 e. The summed E-state index contributed by atoms with van der Waals surface area (Å²) in [6.07, 6.45) is -2.74. The SMILES string of the molecule is Cc1cc2c(cc1-c1cc(C3CC3)ccc1OC(F)(F)F)N(C(C)C)C(=O)C(C)(C)O2. The topological polar surface area (TPSA) is 38.8 Å². The van der Waals surface area contributed by atoms with Gasteiger partial charge in [0.15, 0.2) is 5.60 Å². The molecular weight excluding hydrogens is 407 g/mol. The maximum atomic E-state index is 13.1. The highest BCUT2D eigenvalue weighted by molar-refractivity contribution is 6.03. The van der Waals surface area contributed by atoms with Crippen molar-refractivity contribution in [1.82, 2.24) is 0 Å². The number of fused-ring (bicyclic) bond motifs is 1. The Balaban J connectivity index is 1.90. The number of hydrogen-bond donors (Lipinski definition) is 0. The molecule has 1 saturated carbocycles. The molecule has 2 aromatic carbocycles. The van der Waals surface area contributed by atoms with Crippen molar-refractivity contribution < 1.29 is 27.4 Å². The number of aryl methyl sites for hydroxylation is 1. The third kappa shape index (κ3) is 4.10. The van der Waals surface area contributed by atoms with Gasteiger partial charge in [-0.2, -0.15) is 0 Å². The Hall–Kier alpha value is -2.70. The van der Waals surface area contributed by atoms with Crippen molar-refractivity contribution in [1.29, 1.82) is 0 Å². The molecule has 0 aromatic heterocycles. The Morgan fingerprint density at radius 3 is 2.39 bits per heavy atom. The molecule has 0 saturated heterocycles. The molecule has 0 atom stereocenters. The van der Waals surface area contributed by atoms with Gasteiger partial charge in [0.25, 0.3) is 5.91 Å². The molecule has 1 amide bonds. The summed E-state index contributed by atoms with van der Waals surface area (Å²) in [5.74, 6) is 0.466. The number of ether oxygens (including phenoxy) is 2. The summed E-state index contributed by atoms with van der Waals surface area (Å²) in [4.78, 5) is 14.7. The molecule has 1 aliphatic heterocycles. The number of hydrogen-bond acceptors (Lipinski definition) is 3. The molecule has 31 heavy (non-hydrogen) atoms. The number of carbonyl (C=O) groups is 1. The number of amides is 1. The number of carbonyl (C=O) groups excluding carboxylic acids is 1. The number of rotatable bonds is 4. The lowest BCUT2D eigenvalue weighted by Gasteiger charge is -2.41. The van der Waals surface area contributed by atoms with Crippen molar-refractivity contribution in [2.45, 2.75) is 71.4 Å². The Kier molecular flexibility index (Phi) is 4.98. The van der Waals surface area contributed by atoms with E-state index in [1.165, 1.54) is 6.07 Å². The highest BCUT2D eigenvalue weighted by Crippen LogP contribution is 2.47. The van der Waals surface area contributed by atoms with Gasteiger partial charge < -0.3 is 14.4 Å². The summed E-state index contributed by atoms with van der Waals surface area (Å²) >= 11 is 0. The Morgan fingerprint density at radius 2 is 1.81 bits per heavy atom. The molecule has 1 aliphatic carbocycles. The van der Waals surface area contributed by atoms with Gasteiger partial charge in [0.2, 0.25) is 0 Å². The average molecular weight is 433 g/mol. The lowest BCUT2D eigenvalue weighted by molar-refractivity contribution is -0.274. The first-order valence-electron chi connectivity index (χ1n) is 10.4. The summed E-state index contributed by atoms with van der Waals surface area (Å²) in [5, 5.41) is 0. The molecule has 7 heteroatoms. The summed E-state index contributed by atoms with van der Waals surface area (Å²) in [6.45, 7) is 9.04. The van der Waals surface area contributed by atoms with Crippen molar-refractivity contribution in [2.75, 3.05) is 4.90 Å². The van der Waals surface area contributed by atoms with Crippen LogP contribution in [0.4, 0.5) is 18.9 Å². The van der Waals surface area contributed by atoms with Crippen LogP contribution in [0, 0.1) is 6.92 Å². The molecule has 1 heterocycles. The third-order valence-corrected chi connectivity index (χ3v) is 5.75. The molecule has 0 spiro atoms. The van der Waals surface area contributed by atoms with E-state index in [0.717, 1.165) is 24.0 Å². The van der Waals surface area contributed by atoms with Gasteiger partial charge in [-0.3, -0.25) is 4.79 Å². The van der Waals surface area contributed by atoms with Crippen molar-refractivity contribution in [3.05, 3.63) is 41.5 Å². The van der Waals surface area contributed by atoms with Crippen LogP contribution in [0.1, 0.15) is 57.6 Å². The molecule has 4 nitrogen and oxygen atoms in total. The number of anilines is 1. The molecule has 0 N–H and O–H groups in total. The summed E-state index contributed by atoms with van der Waals surface area (Å²) < 4.78 is 49.6. The van der Waals surface area contributed by atoms with Gasteiger partial charge >= 0.3 is 6.36 Å². The number of nitrogens with zero attached hydrogens (tertiary/aromatic N) is 1. The van der Waals surface area contributed by atoms with Crippen molar-refractivity contribution >= 4 is 11.6 Å². The first-order chi connectivity index (χ1) is 14.4. The number of alkyl halides is 3. The average Bonchev–Trinajstić information content (AvgIpc) is 3.46. The van der Waals surface area contributed by atoms with Crippen LogP contribution >= 0.6 is 0 Å². The van der Waals surface area contributed by atoms with Crippen molar-refractivity contribution in [3.63, 3.8) is 0 Å². The van der Waals surface area contributed by atoms with E-state index >= 15 is 0 Å². The van der Waals surface area contributed by atoms with Crippen LogP contribution < -0.4 is 14.4 Å². The first-order valence-corrected chi connectivity index (χ1v) is 10.4. The maximum absolute atomic E-state index is 13.1. The van der Waals surface area contributed by atoms with Crippen molar-refractivity contribution in [2.24, 2.45) is 0 Å². The summed E-state index contributed by atoms with van der Waals surface area (Å²) in [6, 6.07) is 8.26. The molecule has 2 aliphatic rings. The fourth-order valence-corrected chi connectivity index (χ4v) is 4.10. The van der Waals surface area contributed by atoms with Gasteiger partial charge in [-0.25, -0.2) is 0 Å². The van der Waals surface area contributed by atoms with E-state index in [1.54, 1.807) is 43.0 Å². The van der Waals surface area contributed by atoms with E-state index in [4.69, 9.17) is 4.74 Å². The van der Waals surface area contributed by atoms with E-state index in [1.807, 2.05) is 20.8 Å². The molecule has 4 rings (SSSR count). The van der Waals surface area contributed by atoms with Crippen LogP contribution in [0.3, 0.4) is 0 Å². The lowest BCUT2D eigenvalue weighted by atomic mass is 9.93. The number of benzene rings is 2. The minimum absolute atomic E-state index is 0.145. The van der Waals surface area contributed by atoms with E-state index in [0.29, 0.717) is 28.5 Å². The minimum atomic E-state index is -4.80. The van der Waals surface area contributed by atoms with Crippen LogP contribution in [0.5, 0.6) is 11.5 Å². The van der Waals surface area contributed by atoms with Crippen LogP contribution in [0.15, 0.2) is 30.3 Å². The second kappa shape index (κ2) is 7.18. The van der Waals surface area contributed by atoms with Crippen LogP contribution in [0.25, 0.3) is 11.1 Å². The standard InChI is InChI=1S/C24H26F3NO3/c1-13(2)28-19-12-17(14(3)10-21(19)30-23(4,5)22(28)29)18-11-16(15-6-7-15)8-9-20(18)31-24(25,26)27/h8-13,15H,6-7H2,1-5H3. The number of halogens is 3.